The molecule has 0 aromatic heterocycles. The number of halogens is 1. The van der Waals surface area contributed by atoms with Gasteiger partial charge in [-0.1, -0.05) is 28.1 Å². The normalized spacial score (nSPS) is 16.5. The number of amides is 1. The minimum atomic E-state index is -0.792. The van der Waals surface area contributed by atoms with Crippen molar-refractivity contribution in [3.8, 4) is 0 Å². The Morgan fingerprint density at radius 2 is 1.91 bits per heavy atom. The molecule has 0 unspecified atom stereocenters. The molecule has 0 aliphatic carbocycles. The molecule has 1 aliphatic rings. The van der Waals surface area contributed by atoms with Crippen molar-refractivity contribution in [1.29, 1.82) is 0 Å². The summed E-state index contributed by atoms with van der Waals surface area (Å²) < 4.78 is 11.3. The molecule has 1 atom stereocenters. The Bertz CT molecular complexity index is 550. The summed E-state index contributed by atoms with van der Waals surface area (Å²) in [6.07, 6.45) is 2.19. The molecular formula is C16H18BrNO4. The standard InChI is InChI=1S/C16H18BrNO4/c1-12(16(20)18-8-10-21-11-9-18)22-15(19)7-4-13-2-5-14(17)6-3-13/h2-7,12H,8-11H2,1H3/b7-4-/t12-/m0/s1. The van der Waals surface area contributed by atoms with Crippen molar-refractivity contribution in [2.24, 2.45) is 0 Å². The summed E-state index contributed by atoms with van der Waals surface area (Å²) in [5.74, 6) is -0.717. The fourth-order valence-corrected chi connectivity index (χ4v) is 2.31. The molecule has 0 bridgehead atoms. The van der Waals surface area contributed by atoms with Crippen molar-refractivity contribution >= 4 is 33.9 Å². The van der Waals surface area contributed by atoms with E-state index < -0.39 is 12.1 Å². The predicted octanol–water partition coefficient (Wildman–Crippen LogP) is 2.25. The molecule has 5 nitrogen and oxygen atoms in total. The molecule has 0 N–H and O–H groups in total. The quantitative estimate of drug-likeness (QED) is 0.604. The number of carbonyl (C=O) groups excluding carboxylic acids is 2. The predicted molar refractivity (Wildman–Crippen MR) is 86.1 cm³/mol. The van der Waals surface area contributed by atoms with Crippen molar-refractivity contribution in [1.82, 2.24) is 4.90 Å². The third kappa shape index (κ3) is 4.96. The van der Waals surface area contributed by atoms with E-state index in [4.69, 9.17) is 9.47 Å². The molecule has 1 saturated heterocycles. The number of rotatable bonds is 4. The van der Waals surface area contributed by atoms with Gasteiger partial charge in [-0.15, -0.1) is 0 Å². The van der Waals surface area contributed by atoms with Crippen LogP contribution in [0.5, 0.6) is 0 Å². The lowest BCUT2D eigenvalue weighted by Crippen LogP contribution is -2.45. The molecule has 1 fully saturated rings. The minimum Gasteiger partial charge on any atom is -0.449 e. The second-order valence-electron chi connectivity index (χ2n) is 4.90. The Morgan fingerprint density at radius 1 is 1.27 bits per heavy atom. The lowest BCUT2D eigenvalue weighted by molar-refractivity contribution is -0.157. The van der Waals surface area contributed by atoms with Gasteiger partial charge in [0.1, 0.15) is 0 Å². The van der Waals surface area contributed by atoms with Crippen LogP contribution in [0.15, 0.2) is 34.8 Å². The number of morpholine rings is 1. The third-order valence-corrected chi connectivity index (χ3v) is 3.77. The highest BCUT2D eigenvalue weighted by molar-refractivity contribution is 9.10. The van der Waals surface area contributed by atoms with E-state index in [1.165, 1.54) is 6.08 Å². The highest BCUT2D eigenvalue weighted by Gasteiger charge is 2.24. The van der Waals surface area contributed by atoms with Crippen LogP contribution in [-0.2, 0) is 19.1 Å². The van der Waals surface area contributed by atoms with Crippen LogP contribution < -0.4 is 0 Å². The average Bonchev–Trinajstić information content (AvgIpc) is 2.54. The van der Waals surface area contributed by atoms with Crippen LogP contribution >= 0.6 is 15.9 Å². The zero-order valence-corrected chi connectivity index (χ0v) is 13.9. The van der Waals surface area contributed by atoms with Crippen molar-refractivity contribution in [2.45, 2.75) is 13.0 Å². The van der Waals surface area contributed by atoms with Crippen molar-refractivity contribution < 1.29 is 19.1 Å². The molecule has 1 heterocycles. The Hall–Kier alpha value is -1.66. The van der Waals surface area contributed by atoms with E-state index in [0.717, 1.165) is 10.0 Å². The van der Waals surface area contributed by atoms with Crippen LogP contribution in [0.25, 0.3) is 6.08 Å². The molecule has 0 radical (unpaired) electrons. The molecule has 1 aromatic rings. The van der Waals surface area contributed by atoms with Crippen LogP contribution in [0.3, 0.4) is 0 Å². The lowest BCUT2D eigenvalue weighted by atomic mass is 10.2. The summed E-state index contributed by atoms with van der Waals surface area (Å²) in [5, 5.41) is 0. The van der Waals surface area contributed by atoms with Gasteiger partial charge in [0.2, 0.25) is 0 Å². The summed E-state index contributed by atoms with van der Waals surface area (Å²) in [6, 6.07) is 7.51. The van der Waals surface area contributed by atoms with E-state index in [1.54, 1.807) is 17.9 Å². The van der Waals surface area contributed by atoms with Crippen LogP contribution in [-0.4, -0.2) is 49.2 Å². The molecule has 22 heavy (non-hydrogen) atoms. The molecule has 2 rings (SSSR count). The second kappa shape index (κ2) is 8.10. The number of nitrogens with zero attached hydrogens (tertiary/aromatic N) is 1. The van der Waals surface area contributed by atoms with E-state index in [-0.39, 0.29) is 5.91 Å². The maximum Gasteiger partial charge on any atom is 0.331 e. The zero-order valence-electron chi connectivity index (χ0n) is 12.3. The van der Waals surface area contributed by atoms with Crippen molar-refractivity contribution in [3.05, 3.63) is 40.4 Å². The minimum absolute atomic E-state index is 0.186. The average molecular weight is 368 g/mol. The summed E-state index contributed by atoms with van der Waals surface area (Å²) >= 11 is 3.35. The van der Waals surface area contributed by atoms with Crippen molar-refractivity contribution in [3.63, 3.8) is 0 Å². The SMILES string of the molecule is C[C@H](OC(=O)/C=C\c1ccc(Br)cc1)C(=O)N1CCOCC1. The number of esters is 1. The summed E-state index contributed by atoms with van der Waals surface area (Å²) in [7, 11) is 0. The van der Waals surface area contributed by atoms with E-state index in [9.17, 15) is 9.59 Å². The number of benzene rings is 1. The Labute approximate surface area is 138 Å². The maximum atomic E-state index is 12.1. The monoisotopic (exact) mass is 367 g/mol. The molecule has 6 heteroatoms. The first kappa shape index (κ1) is 16.7. The molecule has 1 aliphatic heterocycles. The third-order valence-electron chi connectivity index (χ3n) is 3.25. The number of ether oxygens (including phenoxy) is 2. The molecule has 0 spiro atoms. The van der Waals surface area contributed by atoms with Gasteiger partial charge >= 0.3 is 5.97 Å². The largest absolute Gasteiger partial charge is 0.449 e. The fraction of sp³-hybridized carbons (Fsp3) is 0.375. The zero-order chi connectivity index (χ0) is 15.9. The summed E-state index contributed by atoms with van der Waals surface area (Å²) in [5.41, 5.74) is 0.882. The molecule has 0 saturated carbocycles. The van der Waals surface area contributed by atoms with E-state index in [1.807, 2.05) is 24.3 Å². The first-order chi connectivity index (χ1) is 10.6. The highest BCUT2D eigenvalue weighted by Crippen LogP contribution is 2.11. The first-order valence-electron chi connectivity index (χ1n) is 7.07. The van der Waals surface area contributed by atoms with E-state index >= 15 is 0 Å². The summed E-state index contributed by atoms with van der Waals surface area (Å²) in [4.78, 5) is 25.5. The fourth-order valence-electron chi connectivity index (χ4n) is 2.04. The number of hydrogen-bond donors (Lipinski definition) is 0. The van der Waals surface area contributed by atoms with Gasteiger partial charge in [-0.25, -0.2) is 4.79 Å². The van der Waals surface area contributed by atoms with Gasteiger partial charge in [0.25, 0.3) is 5.91 Å². The van der Waals surface area contributed by atoms with Gasteiger partial charge in [0.15, 0.2) is 6.10 Å². The van der Waals surface area contributed by atoms with Gasteiger partial charge in [0, 0.05) is 23.6 Å². The topological polar surface area (TPSA) is 55.8 Å². The molecular weight excluding hydrogens is 350 g/mol. The summed E-state index contributed by atoms with van der Waals surface area (Å²) in [6.45, 7) is 3.71. The van der Waals surface area contributed by atoms with Gasteiger partial charge < -0.3 is 14.4 Å². The van der Waals surface area contributed by atoms with Gasteiger partial charge in [-0.05, 0) is 30.7 Å². The van der Waals surface area contributed by atoms with Crippen LogP contribution in [0, 0.1) is 0 Å². The van der Waals surface area contributed by atoms with Gasteiger partial charge in [0.05, 0.1) is 13.2 Å². The van der Waals surface area contributed by atoms with Gasteiger partial charge in [-0.3, -0.25) is 4.79 Å². The molecule has 118 valence electrons. The Balaban J connectivity index is 1.85. The smallest absolute Gasteiger partial charge is 0.331 e. The van der Waals surface area contributed by atoms with Gasteiger partial charge in [-0.2, -0.15) is 0 Å². The Kier molecular flexibility index (Phi) is 6.15. The second-order valence-corrected chi connectivity index (χ2v) is 5.82. The molecule has 1 aromatic carbocycles. The van der Waals surface area contributed by atoms with Crippen LogP contribution in [0.2, 0.25) is 0 Å². The van der Waals surface area contributed by atoms with Crippen LogP contribution in [0.1, 0.15) is 12.5 Å². The number of carbonyl (C=O) groups is 2. The Morgan fingerprint density at radius 3 is 2.55 bits per heavy atom. The number of hydrogen-bond acceptors (Lipinski definition) is 4. The maximum absolute atomic E-state index is 12.1. The highest BCUT2D eigenvalue weighted by atomic mass is 79.9. The van der Waals surface area contributed by atoms with Crippen molar-refractivity contribution in [2.75, 3.05) is 26.3 Å². The first-order valence-corrected chi connectivity index (χ1v) is 7.86. The lowest BCUT2D eigenvalue weighted by Gasteiger charge is -2.28. The van der Waals surface area contributed by atoms with Crippen LogP contribution in [0.4, 0.5) is 0 Å². The molecule has 1 amide bonds. The van der Waals surface area contributed by atoms with E-state index in [2.05, 4.69) is 15.9 Å². The van der Waals surface area contributed by atoms with E-state index in [0.29, 0.717) is 26.3 Å².